The molecular weight excluding hydrogens is 168 g/mol. The fourth-order valence-corrected chi connectivity index (χ4v) is 3.97. The summed E-state index contributed by atoms with van der Waals surface area (Å²) in [6.45, 7) is 0. The van der Waals surface area contributed by atoms with E-state index in [0.717, 1.165) is 0 Å². The molecule has 0 nitrogen and oxygen atoms in total. The highest BCUT2D eigenvalue weighted by molar-refractivity contribution is 6.24. The fourth-order valence-electron chi connectivity index (χ4n) is 3.25. The van der Waals surface area contributed by atoms with Gasteiger partial charge in [0, 0.05) is 16.2 Å². The van der Waals surface area contributed by atoms with Gasteiger partial charge >= 0.3 is 0 Å². The SMILES string of the molecule is ClC1C23CC=CCC12CC=CC3. The fraction of sp³-hybridized carbons (Fsp3) is 0.636. The molecule has 3 rings (SSSR count). The zero-order valence-electron chi connectivity index (χ0n) is 7.09. The van der Waals surface area contributed by atoms with E-state index in [4.69, 9.17) is 11.6 Å². The van der Waals surface area contributed by atoms with Crippen LogP contribution in [-0.2, 0) is 0 Å². The summed E-state index contributed by atoms with van der Waals surface area (Å²) >= 11 is 6.43. The first kappa shape index (κ1) is 7.20. The monoisotopic (exact) mass is 180 g/mol. The third-order valence-corrected chi connectivity index (χ3v) is 4.98. The average Bonchev–Trinajstić information content (AvgIpc) is 2.69. The van der Waals surface area contributed by atoms with Gasteiger partial charge in [-0.15, -0.1) is 11.6 Å². The van der Waals surface area contributed by atoms with E-state index in [2.05, 4.69) is 24.3 Å². The first-order chi connectivity index (χ1) is 5.82. The van der Waals surface area contributed by atoms with Crippen molar-refractivity contribution in [3.05, 3.63) is 24.3 Å². The van der Waals surface area contributed by atoms with Crippen LogP contribution in [0.2, 0.25) is 0 Å². The first-order valence-electron chi connectivity index (χ1n) is 4.76. The molecule has 0 aliphatic heterocycles. The summed E-state index contributed by atoms with van der Waals surface area (Å²) in [7, 11) is 0. The largest absolute Gasteiger partial charge is 0.122 e. The van der Waals surface area contributed by atoms with Crippen LogP contribution in [0.5, 0.6) is 0 Å². The van der Waals surface area contributed by atoms with Crippen LogP contribution in [0.3, 0.4) is 0 Å². The maximum atomic E-state index is 6.43. The molecule has 12 heavy (non-hydrogen) atoms. The van der Waals surface area contributed by atoms with Crippen molar-refractivity contribution in [3.8, 4) is 0 Å². The Hall–Kier alpha value is -0.230. The lowest BCUT2D eigenvalue weighted by Crippen LogP contribution is -2.17. The highest BCUT2D eigenvalue weighted by atomic mass is 35.5. The van der Waals surface area contributed by atoms with Crippen LogP contribution >= 0.6 is 11.6 Å². The summed E-state index contributed by atoms with van der Waals surface area (Å²) < 4.78 is 0. The quantitative estimate of drug-likeness (QED) is 0.397. The van der Waals surface area contributed by atoms with Gasteiger partial charge in [0.25, 0.3) is 0 Å². The molecule has 0 atom stereocenters. The molecular formula is C11H13Cl. The molecule has 3 aliphatic carbocycles. The molecule has 0 unspecified atom stereocenters. The second-order valence-electron chi connectivity index (χ2n) is 4.43. The molecule has 0 heterocycles. The lowest BCUT2D eigenvalue weighted by molar-refractivity contribution is 0.315. The van der Waals surface area contributed by atoms with Gasteiger partial charge in [0.15, 0.2) is 0 Å². The zero-order valence-corrected chi connectivity index (χ0v) is 7.85. The van der Waals surface area contributed by atoms with Gasteiger partial charge < -0.3 is 0 Å². The number of alkyl halides is 1. The van der Waals surface area contributed by atoms with Gasteiger partial charge in [0.05, 0.1) is 0 Å². The number of rotatable bonds is 0. The number of halogens is 1. The Morgan fingerprint density at radius 1 is 0.833 bits per heavy atom. The van der Waals surface area contributed by atoms with E-state index in [-0.39, 0.29) is 0 Å². The normalized spacial score (nSPS) is 54.6. The number of allylic oxidation sites excluding steroid dienone is 4. The molecule has 0 saturated heterocycles. The molecule has 0 N–H and O–H groups in total. The van der Waals surface area contributed by atoms with E-state index in [9.17, 15) is 0 Å². The van der Waals surface area contributed by atoms with Gasteiger partial charge in [-0.2, -0.15) is 0 Å². The second-order valence-corrected chi connectivity index (χ2v) is 4.87. The minimum absolute atomic E-state index is 0.440. The standard InChI is InChI=1S/C11H13Cl/c12-9-10-5-1-2-6-11(9,10)8-4-3-7-10/h1-4,9H,5-8H2. The Bertz CT molecular complexity index is 231. The molecule has 1 heteroatoms. The lowest BCUT2D eigenvalue weighted by atomic mass is 9.76. The van der Waals surface area contributed by atoms with E-state index in [1.54, 1.807) is 0 Å². The Labute approximate surface area is 78.3 Å². The number of hydrogen-bond donors (Lipinski definition) is 0. The van der Waals surface area contributed by atoms with Crippen LogP contribution < -0.4 is 0 Å². The van der Waals surface area contributed by atoms with Crippen LogP contribution in [-0.4, -0.2) is 5.38 Å². The van der Waals surface area contributed by atoms with Crippen molar-refractivity contribution in [2.45, 2.75) is 31.1 Å². The molecule has 0 amide bonds. The van der Waals surface area contributed by atoms with Gasteiger partial charge in [0.1, 0.15) is 0 Å². The molecule has 0 aromatic carbocycles. The third-order valence-electron chi connectivity index (χ3n) is 4.14. The maximum absolute atomic E-state index is 6.43. The molecule has 0 aromatic rings. The van der Waals surface area contributed by atoms with E-state index in [1.165, 1.54) is 25.7 Å². The van der Waals surface area contributed by atoms with Crippen LogP contribution in [0.25, 0.3) is 0 Å². The van der Waals surface area contributed by atoms with Crippen molar-refractivity contribution in [1.82, 2.24) is 0 Å². The van der Waals surface area contributed by atoms with Crippen LogP contribution in [0.1, 0.15) is 25.7 Å². The van der Waals surface area contributed by atoms with Gasteiger partial charge in [-0.05, 0) is 25.7 Å². The number of hydrogen-bond acceptors (Lipinski definition) is 0. The molecule has 1 fully saturated rings. The van der Waals surface area contributed by atoms with E-state index in [1.807, 2.05) is 0 Å². The van der Waals surface area contributed by atoms with Gasteiger partial charge in [0.2, 0.25) is 0 Å². The summed E-state index contributed by atoms with van der Waals surface area (Å²) in [5.74, 6) is 0. The van der Waals surface area contributed by atoms with Gasteiger partial charge in [-0.25, -0.2) is 0 Å². The summed E-state index contributed by atoms with van der Waals surface area (Å²) in [5, 5.41) is 0.440. The topological polar surface area (TPSA) is 0 Å². The molecule has 0 spiro atoms. The van der Waals surface area contributed by atoms with Crippen LogP contribution in [0.4, 0.5) is 0 Å². The molecule has 0 aromatic heterocycles. The highest BCUT2D eigenvalue weighted by Crippen LogP contribution is 2.77. The Kier molecular flexibility index (Phi) is 1.19. The smallest absolute Gasteiger partial charge is 0.0472 e. The van der Waals surface area contributed by atoms with Crippen molar-refractivity contribution < 1.29 is 0 Å². The molecule has 0 bridgehead atoms. The van der Waals surface area contributed by atoms with Crippen molar-refractivity contribution >= 4 is 11.6 Å². The van der Waals surface area contributed by atoms with E-state index in [0.29, 0.717) is 16.2 Å². The summed E-state index contributed by atoms with van der Waals surface area (Å²) in [4.78, 5) is 0. The predicted molar refractivity (Wildman–Crippen MR) is 51.3 cm³/mol. The zero-order chi connectivity index (χ0) is 8.23. The maximum Gasteiger partial charge on any atom is 0.0472 e. The minimum Gasteiger partial charge on any atom is -0.122 e. The predicted octanol–water partition coefficient (Wildman–Crippen LogP) is 3.28. The summed E-state index contributed by atoms with van der Waals surface area (Å²) in [6.07, 6.45) is 14.1. The first-order valence-corrected chi connectivity index (χ1v) is 5.20. The third kappa shape index (κ3) is 0.556. The Morgan fingerprint density at radius 3 is 1.50 bits per heavy atom. The van der Waals surface area contributed by atoms with Crippen LogP contribution in [0, 0.1) is 10.8 Å². The Morgan fingerprint density at radius 2 is 1.17 bits per heavy atom. The Balaban J connectivity index is 2.05. The van der Waals surface area contributed by atoms with Crippen molar-refractivity contribution in [2.24, 2.45) is 10.8 Å². The van der Waals surface area contributed by atoms with E-state index >= 15 is 0 Å². The van der Waals surface area contributed by atoms with Gasteiger partial charge in [-0.1, -0.05) is 24.3 Å². The molecule has 3 aliphatic rings. The highest BCUT2D eigenvalue weighted by Gasteiger charge is 2.74. The average molecular weight is 181 g/mol. The van der Waals surface area contributed by atoms with Crippen LogP contribution in [0.15, 0.2) is 24.3 Å². The summed E-state index contributed by atoms with van der Waals surface area (Å²) in [6, 6.07) is 0. The van der Waals surface area contributed by atoms with Crippen molar-refractivity contribution in [2.75, 3.05) is 0 Å². The molecule has 0 radical (unpaired) electrons. The van der Waals surface area contributed by atoms with Crippen molar-refractivity contribution in [1.29, 1.82) is 0 Å². The second kappa shape index (κ2) is 1.98. The van der Waals surface area contributed by atoms with Gasteiger partial charge in [-0.3, -0.25) is 0 Å². The van der Waals surface area contributed by atoms with Crippen molar-refractivity contribution in [3.63, 3.8) is 0 Å². The summed E-state index contributed by atoms with van der Waals surface area (Å²) in [5.41, 5.74) is 0.941. The molecule has 64 valence electrons. The molecule has 1 saturated carbocycles. The minimum atomic E-state index is 0.440. The van der Waals surface area contributed by atoms with E-state index < -0.39 is 0 Å². The lowest BCUT2D eigenvalue weighted by Gasteiger charge is -2.27.